The molecule has 1 aliphatic rings. The lowest BCUT2D eigenvalue weighted by Gasteiger charge is -2.16. The second kappa shape index (κ2) is 4.70. The Kier molecular flexibility index (Phi) is 2.90. The molecule has 18 heavy (non-hydrogen) atoms. The molecule has 3 heteroatoms. The zero-order valence-corrected chi connectivity index (χ0v) is 10.3. The van der Waals surface area contributed by atoms with Crippen LogP contribution >= 0.6 is 11.8 Å². The van der Waals surface area contributed by atoms with Crippen molar-refractivity contribution in [2.24, 2.45) is 0 Å². The summed E-state index contributed by atoms with van der Waals surface area (Å²) in [5.41, 5.74) is 1.65. The molecular weight excluding hydrogens is 244 g/mol. The lowest BCUT2D eigenvalue weighted by atomic mass is 10.2. The van der Waals surface area contributed by atoms with Crippen molar-refractivity contribution in [3.8, 4) is 0 Å². The Hall–Kier alpha value is -2.00. The first-order chi connectivity index (χ1) is 8.83. The smallest absolute Gasteiger partial charge is 0.345 e. The minimum atomic E-state index is -0.286. The van der Waals surface area contributed by atoms with E-state index in [1.807, 2.05) is 54.6 Å². The third kappa shape index (κ3) is 2.17. The molecule has 2 aromatic carbocycles. The van der Waals surface area contributed by atoms with Gasteiger partial charge in [0.25, 0.3) is 0 Å². The normalized spacial score (nSPS) is 16.2. The number of ether oxygens (including phenoxy) is 1. The molecule has 1 heterocycles. The van der Waals surface area contributed by atoms with Crippen LogP contribution < -0.4 is 0 Å². The van der Waals surface area contributed by atoms with Crippen LogP contribution in [-0.4, -0.2) is 5.97 Å². The predicted octanol–water partition coefficient (Wildman–Crippen LogP) is 3.95. The highest BCUT2D eigenvalue weighted by atomic mass is 32.2. The van der Waals surface area contributed by atoms with Crippen molar-refractivity contribution >= 4 is 23.8 Å². The molecule has 0 bridgehead atoms. The van der Waals surface area contributed by atoms with Crippen molar-refractivity contribution in [2.45, 2.75) is 4.90 Å². The molecule has 0 unspecified atom stereocenters. The van der Waals surface area contributed by atoms with Gasteiger partial charge in [0, 0.05) is 4.90 Å². The van der Waals surface area contributed by atoms with Crippen LogP contribution in [0.4, 0.5) is 0 Å². The Morgan fingerprint density at radius 2 is 1.67 bits per heavy atom. The third-order valence-electron chi connectivity index (χ3n) is 2.59. The summed E-state index contributed by atoms with van der Waals surface area (Å²) in [4.78, 5) is 12.8. The summed E-state index contributed by atoms with van der Waals surface area (Å²) in [6.45, 7) is 0. The predicted molar refractivity (Wildman–Crippen MR) is 72.1 cm³/mol. The molecule has 0 saturated heterocycles. The molecule has 2 nitrogen and oxygen atoms in total. The van der Waals surface area contributed by atoms with E-state index in [-0.39, 0.29) is 5.97 Å². The average molecular weight is 254 g/mol. The van der Waals surface area contributed by atoms with E-state index >= 15 is 0 Å². The fraction of sp³-hybridized carbons (Fsp3) is 0. The Morgan fingerprint density at radius 3 is 2.50 bits per heavy atom. The van der Waals surface area contributed by atoms with Gasteiger partial charge in [0.15, 0.2) is 5.09 Å². The molecule has 0 fully saturated rings. The molecule has 0 N–H and O–H groups in total. The van der Waals surface area contributed by atoms with Crippen molar-refractivity contribution in [3.05, 3.63) is 70.8 Å². The Labute approximate surface area is 109 Å². The van der Waals surface area contributed by atoms with E-state index < -0.39 is 0 Å². The van der Waals surface area contributed by atoms with E-state index in [1.165, 1.54) is 11.8 Å². The van der Waals surface area contributed by atoms with Crippen LogP contribution in [-0.2, 0) is 4.74 Å². The van der Waals surface area contributed by atoms with E-state index in [0.717, 1.165) is 10.5 Å². The molecule has 88 valence electrons. The summed E-state index contributed by atoms with van der Waals surface area (Å²) < 4.78 is 5.30. The zero-order valence-electron chi connectivity index (χ0n) is 9.50. The lowest BCUT2D eigenvalue weighted by Crippen LogP contribution is -2.09. The lowest BCUT2D eigenvalue weighted by molar-refractivity contribution is 0.0644. The molecule has 0 saturated carbocycles. The third-order valence-corrected chi connectivity index (χ3v) is 3.57. The van der Waals surface area contributed by atoms with Crippen molar-refractivity contribution in [1.82, 2.24) is 0 Å². The summed E-state index contributed by atoms with van der Waals surface area (Å²) in [5.74, 6) is -0.286. The van der Waals surface area contributed by atoms with Crippen LogP contribution in [0.25, 0.3) is 6.08 Å². The number of carbonyl (C=O) groups excluding carboxylic acids is 1. The van der Waals surface area contributed by atoms with E-state index in [2.05, 4.69) is 0 Å². The van der Waals surface area contributed by atoms with Gasteiger partial charge in [-0.15, -0.1) is 0 Å². The minimum absolute atomic E-state index is 0.286. The number of fused-ring (bicyclic) bond motifs is 1. The summed E-state index contributed by atoms with van der Waals surface area (Å²) >= 11 is 1.47. The van der Waals surface area contributed by atoms with E-state index in [9.17, 15) is 4.79 Å². The number of hydrogen-bond donors (Lipinski definition) is 0. The van der Waals surface area contributed by atoms with Crippen LogP contribution in [0.5, 0.6) is 0 Å². The fourth-order valence-corrected chi connectivity index (χ4v) is 2.68. The van der Waals surface area contributed by atoms with Crippen molar-refractivity contribution in [2.75, 3.05) is 0 Å². The average Bonchev–Trinajstić information content (AvgIpc) is 2.40. The van der Waals surface area contributed by atoms with Crippen LogP contribution in [0.2, 0.25) is 0 Å². The maximum Gasteiger partial charge on any atom is 0.345 e. The highest BCUT2D eigenvalue weighted by Gasteiger charge is 2.22. The second-order valence-electron chi connectivity index (χ2n) is 3.86. The maximum atomic E-state index is 11.8. The number of cyclic esters (lactones) is 1. The van der Waals surface area contributed by atoms with E-state index in [0.29, 0.717) is 10.7 Å². The van der Waals surface area contributed by atoms with Crippen LogP contribution in [0.15, 0.2) is 64.6 Å². The molecule has 3 rings (SSSR count). The maximum absolute atomic E-state index is 11.8. The monoisotopic (exact) mass is 254 g/mol. The minimum Gasteiger partial charge on any atom is -0.415 e. The van der Waals surface area contributed by atoms with Crippen molar-refractivity contribution < 1.29 is 9.53 Å². The summed E-state index contributed by atoms with van der Waals surface area (Å²) in [6, 6.07) is 17.3. The molecule has 0 aliphatic carbocycles. The second-order valence-corrected chi connectivity index (χ2v) is 4.91. The van der Waals surface area contributed by atoms with Crippen molar-refractivity contribution in [1.29, 1.82) is 0 Å². The van der Waals surface area contributed by atoms with Gasteiger partial charge < -0.3 is 4.74 Å². The SMILES string of the molecule is O=C1O/C(=C/c2ccccc2)Sc2ccccc21. The number of thioether (sulfide) groups is 1. The van der Waals surface area contributed by atoms with Gasteiger partial charge in [-0.2, -0.15) is 0 Å². The van der Waals surface area contributed by atoms with Gasteiger partial charge in [0.2, 0.25) is 0 Å². The number of carbonyl (C=O) groups is 1. The molecule has 1 aliphatic heterocycles. The Bertz CT molecular complexity index is 617. The van der Waals surface area contributed by atoms with Gasteiger partial charge in [0.1, 0.15) is 0 Å². The highest BCUT2D eigenvalue weighted by molar-refractivity contribution is 8.03. The van der Waals surface area contributed by atoms with Crippen LogP contribution in [0, 0.1) is 0 Å². The number of benzene rings is 2. The quantitative estimate of drug-likeness (QED) is 0.721. The largest absolute Gasteiger partial charge is 0.415 e. The Morgan fingerprint density at radius 1 is 0.944 bits per heavy atom. The van der Waals surface area contributed by atoms with Crippen LogP contribution in [0.3, 0.4) is 0 Å². The molecular formula is C15H10O2S. The molecule has 0 aromatic heterocycles. The standard InChI is InChI=1S/C15H10O2S/c16-15-12-8-4-5-9-13(12)18-14(17-15)10-11-6-2-1-3-7-11/h1-10H/b14-10-. The summed E-state index contributed by atoms with van der Waals surface area (Å²) in [7, 11) is 0. The fourth-order valence-electron chi connectivity index (χ4n) is 1.74. The Balaban J connectivity index is 1.95. The molecule has 0 atom stereocenters. The number of esters is 1. The highest BCUT2D eigenvalue weighted by Crippen LogP contribution is 2.36. The molecule has 0 spiro atoms. The van der Waals surface area contributed by atoms with E-state index in [4.69, 9.17) is 4.74 Å². The zero-order chi connectivity index (χ0) is 12.4. The van der Waals surface area contributed by atoms with Gasteiger partial charge in [-0.05, 0) is 23.8 Å². The number of hydrogen-bond acceptors (Lipinski definition) is 3. The van der Waals surface area contributed by atoms with Crippen molar-refractivity contribution in [3.63, 3.8) is 0 Å². The number of rotatable bonds is 1. The van der Waals surface area contributed by atoms with Gasteiger partial charge in [-0.25, -0.2) is 4.79 Å². The first-order valence-corrected chi connectivity index (χ1v) is 6.40. The van der Waals surface area contributed by atoms with Gasteiger partial charge in [0.05, 0.1) is 5.56 Å². The summed E-state index contributed by atoms with van der Waals surface area (Å²) in [5, 5.41) is 0.616. The summed E-state index contributed by atoms with van der Waals surface area (Å²) in [6.07, 6.45) is 1.87. The first kappa shape index (κ1) is 11.1. The van der Waals surface area contributed by atoms with Gasteiger partial charge in [-0.1, -0.05) is 54.2 Å². The van der Waals surface area contributed by atoms with Gasteiger partial charge >= 0.3 is 5.97 Å². The topological polar surface area (TPSA) is 26.3 Å². The van der Waals surface area contributed by atoms with Gasteiger partial charge in [-0.3, -0.25) is 0 Å². The molecule has 0 amide bonds. The molecule has 0 radical (unpaired) electrons. The first-order valence-electron chi connectivity index (χ1n) is 5.59. The molecule has 2 aromatic rings. The van der Waals surface area contributed by atoms with E-state index in [1.54, 1.807) is 6.07 Å². The van der Waals surface area contributed by atoms with Crippen LogP contribution in [0.1, 0.15) is 15.9 Å².